The molecular weight excluding hydrogens is 445 g/mol. The summed E-state index contributed by atoms with van der Waals surface area (Å²) in [6.45, 7) is 2.23. The van der Waals surface area contributed by atoms with Crippen LogP contribution >= 0.6 is 11.6 Å². The van der Waals surface area contributed by atoms with E-state index in [0.717, 1.165) is 10.5 Å². The van der Waals surface area contributed by atoms with Crippen molar-refractivity contribution in [1.82, 2.24) is 9.80 Å². The Balaban J connectivity index is 1.75. The first-order valence-electron chi connectivity index (χ1n) is 10.7. The summed E-state index contributed by atoms with van der Waals surface area (Å²) in [6.07, 6.45) is 1.06. The first-order chi connectivity index (χ1) is 15.7. The smallest absolute Gasteiger partial charge is 0.262 e. The molecule has 170 valence electrons. The van der Waals surface area contributed by atoms with Gasteiger partial charge in [-0.15, -0.1) is 0 Å². The molecule has 2 aliphatic rings. The summed E-state index contributed by atoms with van der Waals surface area (Å²) in [5.74, 6) is -2.08. The maximum absolute atomic E-state index is 14.4. The van der Waals surface area contributed by atoms with E-state index < -0.39 is 47.9 Å². The summed E-state index contributed by atoms with van der Waals surface area (Å²) in [6, 6.07) is 12.9. The third kappa shape index (κ3) is 3.79. The lowest BCUT2D eigenvalue weighted by Crippen LogP contribution is -2.55. The Morgan fingerprint density at radius 1 is 1.15 bits per heavy atom. The van der Waals surface area contributed by atoms with Gasteiger partial charge in [-0.3, -0.25) is 19.3 Å². The molecule has 0 bridgehead atoms. The van der Waals surface area contributed by atoms with Crippen LogP contribution in [0.25, 0.3) is 0 Å². The van der Waals surface area contributed by atoms with Crippen LogP contribution in [0, 0.1) is 16.7 Å². The van der Waals surface area contributed by atoms with E-state index in [-0.39, 0.29) is 11.1 Å². The average Bonchev–Trinajstić information content (AvgIpc) is 3.36. The summed E-state index contributed by atoms with van der Waals surface area (Å²) >= 11 is 6.17. The van der Waals surface area contributed by atoms with Crippen molar-refractivity contribution in [3.63, 3.8) is 0 Å². The van der Waals surface area contributed by atoms with E-state index in [0.29, 0.717) is 17.9 Å². The number of alkyl halides is 1. The molecule has 0 radical (unpaired) electrons. The number of carbonyl (C=O) groups excluding carboxylic acids is 3. The topological polar surface area (TPSA) is 81.5 Å². The van der Waals surface area contributed by atoms with Gasteiger partial charge in [0.1, 0.15) is 12.7 Å². The molecule has 2 aliphatic heterocycles. The molecule has 1 fully saturated rings. The van der Waals surface area contributed by atoms with Gasteiger partial charge in [0, 0.05) is 5.02 Å². The van der Waals surface area contributed by atoms with Crippen LogP contribution in [0.3, 0.4) is 0 Å². The highest BCUT2D eigenvalue weighted by molar-refractivity contribution is 6.30. The Bertz CT molecular complexity index is 1140. The number of halogens is 2. The zero-order valence-corrected chi connectivity index (χ0v) is 19.1. The Morgan fingerprint density at radius 2 is 1.79 bits per heavy atom. The second-order valence-corrected chi connectivity index (χ2v) is 9.38. The van der Waals surface area contributed by atoms with Crippen LogP contribution in [0.2, 0.25) is 5.02 Å². The van der Waals surface area contributed by atoms with Crippen LogP contribution in [0.15, 0.2) is 48.5 Å². The highest BCUT2D eigenvalue weighted by atomic mass is 35.5. The number of carbonyl (C=O) groups is 3. The van der Waals surface area contributed by atoms with E-state index in [1.54, 1.807) is 44.2 Å². The Kier molecular flexibility index (Phi) is 5.98. The summed E-state index contributed by atoms with van der Waals surface area (Å²) in [5, 5.41) is 10.3. The molecular formula is C25H23ClFN3O3. The molecule has 33 heavy (non-hydrogen) atoms. The molecule has 4 rings (SSSR count). The van der Waals surface area contributed by atoms with Gasteiger partial charge in [0.25, 0.3) is 11.8 Å². The summed E-state index contributed by atoms with van der Waals surface area (Å²) < 4.78 is 14.4. The van der Waals surface area contributed by atoms with E-state index in [1.807, 2.05) is 6.07 Å². The lowest BCUT2D eigenvalue weighted by atomic mass is 9.84. The number of fused-ring (bicyclic) bond motifs is 1. The van der Waals surface area contributed by atoms with E-state index in [9.17, 15) is 24.0 Å². The van der Waals surface area contributed by atoms with Gasteiger partial charge < -0.3 is 4.90 Å². The number of imide groups is 1. The van der Waals surface area contributed by atoms with Crippen LogP contribution in [0.1, 0.15) is 59.0 Å². The second-order valence-electron chi connectivity index (χ2n) is 8.94. The van der Waals surface area contributed by atoms with Gasteiger partial charge in [-0.2, -0.15) is 5.26 Å². The van der Waals surface area contributed by atoms with Gasteiger partial charge in [-0.1, -0.05) is 35.9 Å². The van der Waals surface area contributed by atoms with Gasteiger partial charge in [0.05, 0.1) is 34.7 Å². The predicted molar refractivity (Wildman–Crippen MR) is 120 cm³/mol. The Morgan fingerprint density at radius 3 is 2.33 bits per heavy atom. The first-order valence-corrected chi connectivity index (χ1v) is 11.1. The van der Waals surface area contributed by atoms with Crippen LogP contribution < -0.4 is 0 Å². The normalized spacial score (nSPS) is 21.2. The van der Waals surface area contributed by atoms with Crippen LogP contribution in [-0.2, 0) is 4.79 Å². The first kappa shape index (κ1) is 22.9. The number of benzene rings is 2. The summed E-state index contributed by atoms with van der Waals surface area (Å²) in [7, 11) is 0. The van der Waals surface area contributed by atoms with Gasteiger partial charge in [0.15, 0.2) is 0 Å². The fourth-order valence-electron chi connectivity index (χ4n) is 4.85. The zero-order valence-electron chi connectivity index (χ0n) is 18.3. The van der Waals surface area contributed by atoms with Crippen molar-refractivity contribution in [2.45, 2.75) is 44.8 Å². The van der Waals surface area contributed by atoms with Crippen molar-refractivity contribution in [2.24, 2.45) is 5.41 Å². The summed E-state index contributed by atoms with van der Waals surface area (Å²) in [4.78, 5) is 42.0. The molecule has 2 aromatic carbocycles. The van der Waals surface area contributed by atoms with E-state index in [2.05, 4.69) is 6.07 Å². The van der Waals surface area contributed by atoms with Gasteiger partial charge in [-0.25, -0.2) is 4.39 Å². The minimum atomic E-state index is -1.62. The second kappa shape index (κ2) is 8.60. The molecule has 0 N–H and O–H groups in total. The zero-order chi connectivity index (χ0) is 23.9. The predicted octanol–water partition coefficient (Wildman–Crippen LogP) is 4.56. The largest absolute Gasteiger partial charge is 0.329 e. The minimum Gasteiger partial charge on any atom is -0.329 e. The van der Waals surface area contributed by atoms with Gasteiger partial charge >= 0.3 is 0 Å². The number of hydrogen-bond acceptors (Lipinski definition) is 4. The van der Waals surface area contributed by atoms with Crippen molar-refractivity contribution < 1.29 is 18.8 Å². The Hall–Kier alpha value is -3.24. The highest BCUT2D eigenvalue weighted by Gasteiger charge is 2.50. The molecule has 6 nitrogen and oxygen atoms in total. The van der Waals surface area contributed by atoms with Gasteiger partial charge in [0.2, 0.25) is 5.91 Å². The van der Waals surface area contributed by atoms with Crippen LogP contribution in [0.5, 0.6) is 0 Å². The quantitative estimate of drug-likeness (QED) is 0.604. The summed E-state index contributed by atoms with van der Waals surface area (Å²) in [5.41, 5.74) is 0.129. The fraction of sp³-hybridized carbons (Fsp3) is 0.360. The van der Waals surface area contributed by atoms with E-state index in [4.69, 9.17) is 11.6 Å². The molecule has 1 saturated heterocycles. The average molecular weight is 468 g/mol. The number of hydrogen-bond donors (Lipinski definition) is 0. The fourth-order valence-corrected chi connectivity index (χ4v) is 5.05. The maximum atomic E-state index is 14.4. The molecule has 8 heteroatoms. The van der Waals surface area contributed by atoms with Crippen LogP contribution in [-0.4, -0.2) is 46.3 Å². The molecule has 0 unspecified atom stereocenters. The maximum Gasteiger partial charge on any atom is 0.262 e. The van der Waals surface area contributed by atoms with Crippen molar-refractivity contribution in [3.8, 4) is 6.07 Å². The van der Waals surface area contributed by atoms with Crippen molar-refractivity contribution in [3.05, 3.63) is 70.2 Å². The third-order valence-corrected chi connectivity index (χ3v) is 6.80. The SMILES string of the molecule is CC(C)(C#N)[C@H]1CC[C@@H](c2cccc(Cl)c2)N1C(=O)[C@@H](CF)N1C(=O)c2ccccc2C1=O. The number of likely N-dealkylation sites (tertiary alicyclic amines) is 1. The van der Waals surface area contributed by atoms with Crippen LogP contribution in [0.4, 0.5) is 4.39 Å². The number of nitriles is 1. The standard InChI is InChI=1S/C25H23ClFN3O3/c1-25(2,14-28)21-11-10-19(15-6-5-7-16(26)12-15)29(21)24(33)20(13-27)30-22(31)17-8-3-4-9-18(17)23(30)32/h3-9,12,19-21H,10-11,13H2,1-2H3/t19-,20+,21+/m0/s1. The number of rotatable bonds is 5. The van der Waals surface area contributed by atoms with E-state index >= 15 is 0 Å². The molecule has 2 aromatic rings. The molecule has 0 spiro atoms. The van der Waals surface area contributed by atoms with Crippen molar-refractivity contribution in [1.29, 1.82) is 5.26 Å². The van der Waals surface area contributed by atoms with Gasteiger partial charge in [-0.05, 0) is 56.5 Å². The monoisotopic (exact) mass is 467 g/mol. The van der Waals surface area contributed by atoms with Crippen molar-refractivity contribution >= 4 is 29.3 Å². The Labute approximate surface area is 196 Å². The van der Waals surface area contributed by atoms with Crippen molar-refractivity contribution in [2.75, 3.05) is 6.67 Å². The highest BCUT2D eigenvalue weighted by Crippen LogP contribution is 2.44. The lowest BCUT2D eigenvalue weighted by molar-refractivity contribution is -0.140. The third-order valence-electron chi connectivity index (χ3n) is 6.56. The lowest BCUT2D eigenvalue weighted by Gasteiger charge is -2.39. The number of nitrogens with zero attached hydrogens (tertiary/aromatic N) is 3. The minimum absolute atomic E-state index is 0.149. The molecule has 0 aliphatic carbocycles. The number of amides is 3. The molecule has 0 aromatic heterocycles. The molecule has 2 heterocycles. The molecule has 3 atom stereocenters. The van der Waals surface area contributed by atoms with E-state index in [1.165, 1.54) is 17.0 Å². The molecule has 3 amide bonds. The molecule has 0 saturated carbocycles.